The lowest BCUT2D eigenvalue weighted by Gasteiger charge is -2.22. The van der Waals surface area contributed by atoms with E-state index in [1.165, 1.54) is 12.7 Å². The van der Waals surface area contributed by atoms with Crippen LogP contribution < -0.4 is 5.32 Å². The molecule has 20 heavy (non-hydrogen) atoms. The third kappa shape index (κ3) is 4.94. The van der Waals surface area contributed by atoms with Gasteiger partial charge in [0.2, 0.25) is 0 Å². The van der Waals surface area contributed by atoms with Crippen LogP contribution in [0, 0.1) is 0 Å². The Balaban J connectivity index is 2.64. The Bertz CT molecular complexity index is 403. The number of ether oxygens (including phenoxy) is 1. The number of likely N-dealkylation sites (N-methyl/N-ethyl adjacent to an activating group) is 1. The van der Waals surface area contributed by atoms with Crippen LogP contribution in [0.4, 0.5) is 0 Å². The number of methoxy groups -OCH3 is 1. The topological polar surface area (TPSA) is 58.6 Å². The number of hydrogen-bond donors (Lipinski definition) is 2. The molecule has 1 rings (SSSR count). The molecule has 2 unspecified atom stereocenters. The van der Waals surface area contributed by atoms with Gasteiger partial charge in [-0.25, -0.2) is 0 Å². The number of aryl methyl sites for hydroxylation is 1. The highest BCUT2D eigenvalue weighted by Crippen LogP contribution is 2.21. The summed E-state index contributed by atoms with van der Waals surface area (Å²) < 4.78 is 4.62. The average Bonchev–Trinajstić information content (AvgIpc) is 2.48. The van der Waals surface area contributed by atoms with Crippen molar-refractivity contribution in [2.45, 2.75) is 44.8 Å². The fourth-order valence-electron chi connectivity index (χ4n) is 2.24. The zero-order chi connectivity index (χ0) is 15.0. The molecule has 4 nitrogen and oxygen atoms in total. The van der Waals surface area contributed by atoms with Gasteiger partial charge < -0.3 is 15.2 Å². The molecule has 0 aliphatic heterocycles. The minimum atomic E-state index is -0.625. The number of benzene rings is 1. The van der Waals surface area contributed by atoms with Crippen LogP contribution in [-0.2, 0) is 16.0 Å². The second-order valence-electron chi connectivity index (χ2n) is 4.95. The van der Waals surface area contributed by atoms with Crippen LogP contribution >= 0.6 is 0 Å². The summed E-state index contributed by atoms with van der Waals surface area (Å²) in [5.41, 5.74) is 2.15. The highest BCUT2D eigenvalue weighted by atomic mass is 16.5. The van der Waals surface area contributed by atoms with Crippen molar-refractivity contribution >= 4 is 5.97 Å². The maximum Gasteiger partial charge on any atom is 0.305 e. The van der Waals surface area contributed by atoms with Crippen molar-refractivity contribution in [2.75, 3.05) is 14.2 Å². The second kappa shape index (κ2) is 8.72. The van der Waals surface area contributed by atoms with Gasteiger partial charge in [-0.05, 0) is 31.0 Å². The monoisotopic (exact) mass is 279 g/mol. The molecule has 0 aromatic heterocycles. The molecule has 0 heterocycles. The summed E-state index contributed by atoms with van der Waals surface area (Å²) in [7, 11) is 3.16. The van der Waals surface area contributed by atoms with E-state index in [9.17, 15) is 9.90 Å². The number of carbonyl (C=O) groups is 1. The van der Waals surface area contributed by atoms with Gasteiger partial charge in [0.05, 0.1) is 13.2 Å². The number of carbonyl (C=O) groups excluding carboxylic acids is 1. The minimum absolute atomic E-state index is 0.161. The molecule has 0 bridgehead atoms. The van der Waals surface area contributed by atoms with Gasteiger partial charge >= 0.3 is 5.97 Å². The molecule has 112 valence electrons. The number of aliphatic hydroxyl groups is 1. The Morgan fingerprint density at radius 1 is 1.35 bits per heavy atom. The summed E-state index contributed by atoms with van der Waals surface area (Å²) in [6.07, 6.45) is 2.38. The summed E-state index contributed by atoms with van der Waals surface area (Å²) in [5.74, 6) is -0.254. The predicted octanol–water partition coefficient (Wildman–Crippen LogP) is 2.21. The zero-order valence-corrected chi connectivity index (χ0v) is 12.6. The highest BCUT2D eigenvalue weighted by molar-refractivity contribution is 5.69. The molecule has 0 saturated carbocycles. The van der Waals surface area contributed by atoms with E-state index in [-0.39, 0.29) is 12.0 Å². The Kier molecular flexibility index (Phi) is 7.26. The lowest BCUT2D eigenvalue weighted by atomic mass is 9.97. The van der Waals surface area contributed by atoms with Gasteiger partial charge in [-0.15, -0.1) is 0 Å². The van der Waals surface area contributed by atoms with Gasteiger partial charge in [0.15, 0.2) is 0 Å². The predicted molar refractivity (Wildman–Crippen MR) is 79.5 cm³/mol. The van der Waals surface area contributed by atoms with Crippen molar-refractivity contribution in [1.82, 2.24) is 5.32 Å². The van der Waals surface area contributed by atoms with Crippen LogP contribution in [0.1, 0.15) is 43.4 Å². The van der Waals surface area contributed by atoms with Gasteiger partial charge in [-0.2, -0.15) is 0 Å². The molecule has 0 radical (unpaired) electrons. The third-order valence-corrected chi connectivity index (χ3v) is 3.50. The molecule has 0 aliphatic carbocycles. The smallest absolute Gasteiger partial charge is 0.305 e. The second-order valence-corrected chi connectivity index (χ2v) is 4.95. The number of esters is 1. The van der Waals surface area contributed by atoms with E-state index in [1.807, 2.05) is 12.1 Å². The maximum atomic E-state index is 11.2. The van der Waals surface area contributed by atoms with Crippen molar-refractivity contribution in [3.63, 3.8) is 0 Å². The normalized spacial score (nSPS) is 13.8. The SMILES string of the molecule is CCCc1ccc(C(O)C(CCC(=O)OC)NC)cc1. The molecule has 1 aromatic rings. The average molecular weight is 279 g/mol. The van der Waals surface area contributed by atoms with E-state index in [4.69, 9.17) is 0 Å². The lowest BCUT2D eigenvalue weighted by molar-refractivity contribution is -0.140. The molecule has 0 fully saturated rings. The van der Waals surface area contributed by atoms with E-state index in [0.717, 1.165) is 18.4 Å². The molecular weight excluding hydrogens is 254 g/mol. The van der Waals surface area contributed by atoms with Gasteiger partial charge in [0.1, 0.15) is 0 Å². The largest absolute Gasteiger partial charge is 0.469 e. The van der Waals surface area contributed by atoms with Crippen molar-refractivity contribution in [3.05, 3.63) is 35.4 Å². The van der Waals surface area contributed by atoms with Crippen LogP contribution in [-0.4, -0.2) is 31.3 Å². The van der Waals surface area contributed by atoms with E-state index in [0.29, 0.717) is 12.8 Å². The molecule has 0 spiro atoms. The Hall–Kier alpha value is -1.39. The molecule has 2 N–H and O–H groups in total. The van der Waals surface area contributed by atoms with Crippen molar-refractivity contribution in [1.29, 1.82) is 0 Å². The fraction of sp³-hybridized carbons (Fsp3) is 0.562. The molecule has 1 aromatic carbocycles. The summed E-state index contributed by atoms with van der Waals surface area (Å²) in [4.78, 5) is 11.2. The summed E-state index contributed by atoms with van der Waals surface area (Å²) >= 11 is 0. The van der Waals surface area contributed by atoms with E-state index in [2.05, 4.69) is 29.1 Å². The molecule has 0 aliphatic rings. The molecule has 2 atom stereocenters. The van der Waals surface area contributed by atoms with Gasteiger partial charge in [0.25, 0.3) is 0 Å². The first-order chi connectivity index (χ1) is 9.62. The molecular formula is C16H25NO3. The van der Waals surface area contributed by atoms with Gasteiger partial charge in [0, 0.05) is 12.5 Å². The summed E-state index contributed by atoms with van der Waals surface area (Å²) in [5, 5.41) is 13.4. The first-order valence-electron chi connectivity index (χ1n) is 7.13. The number of hydrogen-bond acceptors (Lipinski definition) is 4. The number of nitrogens with one attached hydrogen (secondary N) is 1. The van der Waals surface area contributed by atoms with Gasteiger partial charge in [-0.3, -0.25) is 4.79 Å². The first kappa shape index (κ1) is 16.7. The maximum absolute atomic E-state index is 11.2. The summed E-state index contributed by atoms with van der Waals surface area (Å²) in [6, 6.07) is 7.85. The molecule has 0 saturated heterocycles. The zero-order valence-electron chi connectivity index (χ0n) is 12.6. The third-order valence-electron chi connectivity index (χ3n) is 3.50. The minimum Gasteiger partial charge on any atom is -0.469 e. The standard InChI is InChI=1S/C16H25NO3/c1-4-5-12-6-8-13(9-7-12)16(19)14(17-2)10-11-15(18)20-3/h6-9,14,16-17,19H,4-5,10-11H2,1-3H3. The van der Waals surface area contributed by atoms with Crippen LogP contribution in [0.3, 0.4) is 0 Å². The van der Waals surface area contributed by atoms with Crippen LogP contribution in [0.5, 0.6) is 0 Å². The summed E-state index contributed by atoms with van der Waals surface area (Å²) in [6.45, 7) is 2.15. The van der Waals surface area contributed by atoms with Crippen LogP contribution in [0.2, 0.25) is 0 Å². The van der Waals surface area contributed by atoms with Crippen molar-refractivity contribution in [3.8, 4) is 0 Å². The van der Waals surface area contributed by atoms with Crippen molar-refractivity contribution in [2.24, 2.45) is 0 Å². The van der Waals surface area contributed by atoms with E-state index >= 15 is 0 Å². The van der Waals surface area contributed by atoms with Crippen LogP contribution in [0.25, 0.3) is 0 Å². The molecule has 4 heteroatoms. The Labute approximate surface area is 121 Å². The van der Waals surface area contributed by atoms with E-state index in [1.54, 1.807) is 7.05 Å². The number of aliphatic hydroxyl groups excluding tert-OH is 1. The Morgan fingerprint density at radius 3 is 2.50 bits per heavy atom. The fourth-order valence-corrected chi connectivity index (χ4v) is 2.24. The van der Waals surface area contributed by atoms with E-state index < -0.39 is 6.10 Å². The lowest BCUT2D eigenvalue weighted by Crippen LogP contribution is -2.32. The Morgan fingerprint density at radius 2 is 2.00 bits per heavy atom. The van der Waals surface area contributed by atoms with Crippen molar-refractivity contribution < 1.29 is 14.6 Å². The highest BCUT2D eigenvalue weighted by Gasteiger charge is 2.20. The molecule has 0 amide bonds. The van der Waals surface area contributed by atoms with Crippen LogP contribution in [0.15, 0.2) is 24.3 Å². The first-order valence-corrected chi connectivity index (χ1v) is 7.13. The quantitative estimate of drug-likeness (QED) is 0.716. The number of rotatable bonds is 8. The van der Waals surface area contributed by atoms with Gasteiger partial charge in [-0.1, -0.05) is 37.6 Å².